The molecule has 138 valence electrons. The first-order valence-electron chi connectivity index (χ1n) is 9.65. The highest BCUT2D eigenvalue weighted by atomic mass is 79.9. The molecule has 0 aromatic heterocycles. The van der Waals surface area contributed by atoms with Crippen molar-refractivity contribution in [3.63, 3.8) is 0 Å². The predicted octanol–water partition coefficient (Wildman–Crippen LogP) is 5.18. The molecule has 0 saturated carbocycles. The summed E-state index contributed by atoms with van der Waals surface area (Å²) in [5.41, 5.74) is 3.59. The van der Waals surface area contributed by atoms with Gasteiger partial charge in [-0.05, 0) is 34.4 Å². The van der Waals surface area contributed by atoms with Gasteiger partial charge in [-0.3, -0.25) is 9.80 Å². The third-order valence-electron chi connectivity index (χ3n) is 5.88. The molecular weight excluding hydrogens is 384 g/mol. The van der Waals surface area contributed by atoms with E-state index in [1.54, 1.807) is 0 Å². The third-order valence-corrected chi connectivity index (χ3v) is 6.65. The highest BCUT2D eigenvalue weighted by Gasteiger charge is 2.48. The number of nitrogens with zero attached hydrogens (tertiary/aromatic N) is 2. The zero-order chi connectivity index (χ0) is 18.2. The van der Waals surface area contributed by atoms with Gasteiger partial charge in [0.15, 0.2) is 0 Å². The monoisotopic (exact) mass is 412 g/mol. The summed E-state index contributed by atoms with van der Waals surface area (Å²) < 4.78 is 1.23. The first kappa shape index (κ1) is 18.2. The molecule has 0 radical (unpaired) electrons. The van der Waals surface area contributed by atoms with E-state index in [1.807, 2.05) is 0 Å². The van der Waals surface area contributed by atoms with E-state index in [4.69, 9.17) is 0 Å². The maximum atomic E-state index is 3.72. The first-order chi connectivity index (χ1) is 12.4. The highest BCUT2D eigenvalue weighted by molar-refractivity contribution is 9.10. The fraction of sp³-hybridized carbons (Fsp3) is 0.478. The molecule has 2 atom stereocenters. The summed E-state index contributed by atoms with van der Waals surface area (Å²) in [5, 5.41) is 0. The van der Waals surface area contributed by atoms with Crippen molar-refractivity contribution < 1.29 is 0 Å². The van der Waals surface area contributed by atoms with Crippen LogP contribution in [0.15, 0.2) is 59.1 Å². The van der Waals surface area contributed by atoms with Gasteiger partial charge in [0, 0.05) is 43.7 Å². The van der Waals surface area contributed by atoms with Crippen molar-refractivity contribution in [2.75, 3.05) is 26.2 Å². The fourth-order valence-corrected chi connectivity index (χ4v) is 5.97. The fourth-order valence-electron chi connectivity index (χ4n) is 5.56. The van der Waals surface area contributed by atoms with Gasteiger partial charge in [0.1, 0.15) is 0 Å². The van der Waals surface area contributed by atoms with Gasteiger partial charge in [-0.15, -0.1) is 0 Å². The minimum absolute atomic E-state index is 0.376. The Balaban J connectivity index is 1.48. The SMILES string of the molecule is C[C@]12CN(Cc3ccccc3)C[C@](C)(CN(Cc3ccccc3Br)C1)C2. The molecule has 26 heavy (non-hydrogen) atoms. The molecule has 2 heterocycles. The van der Waals surface area contributed by atoms with Gasteiger partial charge in [0.25, 0.3) is 0 Å². The van der Waals surface area contributed by atoms with Crippen molar-refractivity contribution in [2.24, 2.45) is 10.8 Å². The van der Waals surface area contributed by atoms with Gasteiger partial charge in [-0.25, -0.2) is 0 Å². The van der Waals surface area contributed by atoms with Gasteiger partial charge >= 0.3 is 0 Å². The van der Waals surface area contributed by atoms with Crippen LogP contribution in [-0.4, -0.2) is 36.0 Å². The Kier molecular flexibility index (Phi) is 4.98. The average Bonchev–Trinajstić information content (AvgIpc) is 2.55. The van der Waals surface area contributed by atoms with Crippen LogP contribution in [0.2, 0.25) is 0 Å². The van der Waals surface area contributed by atoms with Gasteiger partial charge in [-0.1, -0.05) is 78.3 Å². The molecule has 3 heteroatoms. The largest absolute Gasteiger partial charge is 0.298 e. The Morgan fingerprint density at radius 3 is 1.92 bits per heavy atom. The Labute approximate surface area is 166 Å². The van der Waals surface area contributed by atoms with Crippen molar-refractivity contribution in [1.29, 1.82) is 0 Å². The number of hydrogen-bond donors (Lipinski definition) is 0. The quantitative estimate of drug-likeness (QED) is 0.681. The Bertz CT molecular complexity index is 742. The number of hydrogen-bond acceptors (Lipinski definition) is 2. The maximum absolute atomic E-state index is 3.72. The van der Waals surface area contributed by atoms with Crippen LogP contribution >= 0.6 is 15.9 Å². The molecule has 0 N–H and O–H groups in total. The smallest absolute Gasteiger partial charge is 0.0245 e. The molecule has 2 aliphatic rings. The lowest BCUT2D eigenvalue weighted by atomic mass is 9.65. The molecule has 2 saturated heterocycles. The minimum atomic E-state index is 0.376. The molecule has 2 aromatic carbocycles. The topological polar surface area (TPSA) is 6.48 Å². The number of piperidine rings is 2. The Hall–Kier alpha value is -1.16. The molecule has 2 fully saturated rings. The Morgan fingerprint density at radius 2 is 1.31 bits per heavy atom. The number of likely N-dealkylation sites (tertiary alicyclic amines) is 2. The van der Waals surface area contributed by atoms with Crippen molar-refractivity contribution in [1.82, 2.24) is 9.80 Å². The van der Waals surface area contributed by atoms with Crippen LogP contribution in [-0.2, 0) is 13.1 Å². The average molecular weight is 413 g/mol. The van der Waals surface area contributed by atoms with Crippen LogP contribution < -0.4 is 0 Å². The summed E-state index contributed by atoms with van der Waals surface area (Å²) >= 11 is 3.72. The normalized spacial score (nSPS) is 29.7. The minimum Gasteiger partial charge on any atom is -0.298 e. The Morgan fingerprint density at radius 1 is 0.769 bits per heavy atom. The first-order valence-corrected chi connectivity index (χ1v) is 10.4. The predicted molar refractivity (Wildman–Crippen MR) is 112 cm³/mol. The van der Waals surface area contributed by atoms with E-state index < -0.39 is 0 Å². The van der Waals surface area contributed by atoms with Gasteiger partial charge in [-0.2, -0.15) is 0 Å². The van der Waals surface area contributed by atoms with Crippen LogP contribution in [0.3, 0.4) is 0 Å². The standard InChI is InChI=1S/C23H29BrN2/c1-22-14-23(2,16-25(15-22)12-19-8-4-3-5-9-19)18-26(17-22)13-20-10-6-7-11-21(20)24/h3-11H,12-18H2,1-2H3/t22-,23+. The van der Waals surface area contributed by atoms with Crippen LogP contribution in [0.1, 0.15) is 31.4 Å². The summed E-state index contributed by atoms with van der Waals surface area (Å²) in [5.74, 6) is 0. The number of halogens is 1. The summed E-state index contributed by atoms with van der Waals surface area (Å²) in [6.07, 6.45) is 1.34. The molecule has 2 aromatic rings. The van der Waals surface area contributed by atoms with Gasteiger partial charge in [0.2, 0.25) is 0 Å². The molecule has 0 aliphatic carbocycles. The number of fused-ring (bicyclic) bond motifs is 2. The molecule has 0 spiro atoms. The lowest BCUT2D eigenvalue weighted by Gasteiger charge is -2.57. The van der Waals surface area contributed by atoms with Gasteiger partial charge < -0.3 is 0 Å². The van der Waals surface area contributed by atoms with Crippen LogP contribution in [0.4, 0.5) is 0 Å². The summed E-state index contributed by atoms with van der Waals surface area (Å²) in [6.45, 7) is 11.9. The summed E-state index contributed by atoms with van der Waals surface area (Å²) in [6, 6.07) is 19.6. The van der Waals surface area contributed by atoms with Crippen molar-refractivity contribution >= 4 is 15.9 Å². The zero-order valence-corrected chi connectivity index (χ0v) is 17.5. The van der Waals surface area contributed by atoms with E-state index in [9.17, 15) is 0 Å². The third kappa shape index (κ3) is 4.05. The lowest BCUT2D eigenvalue weighted by Crippen LogP contribution is -2.61. The van der Waals surface area contributed by atoms with Gasteiger partial charge in [0.05, 0.1) is 0 Å². The van der Waals surface area contributed by atoms with Crippen molar-refractivity contribution in [2.45, 2.75) is 33.4 Å². The maximum Gasteiger partial charge on any atom is 0.0245 e. The molecule has 2 bridgehead atoms. The molecule has 2 aliphatic heterocycles. The molecule has 0 unspecified atom stereocenters. The van der Waals surface area contributed by atoms with Crippen LogP contribution in [0, 0.1) is 10.8 Å². The second kappa shape index (κ2) is 7.10. The van der Waals surface area contributed by atoms with E-state index >= 15 is 0 Å². The lowest BCUT2D eigenvalue weighted by molar-refractivity contribution is -0.0791. The van der Waals surface area contributed by atoms with E-state index in [0.29, 0.717) is 10.8 Å². The number of rotatable bonds is 4. The van der Waals surface area contributed by atoms with Crippen LogP contribution in [0.25, 0.3) is 0 Å². The molecule has 0 amide bonds. The zero-order valence-electron chi connectivity index (χ0n) is 15.9. The van der Waals surface area contributed by atoms with Crippen molar-refractivity contribution in [3.05, 3.63) is 70.2 Å². The summed E-state index contributed by atoms with van der Waals surface area (Å²) in [7, 11) is 0. The second-order valence-corrected chi connectivity index (χ2v) is 10.0. The number of benzene rings is 2. The highest BCUT2D eigenvalue weighted by Crippen LogP contribution is 2.46. The van der Waals surface area contributed by atoms with Crippen LogP contribution in [0.5, 0.6) is 0 Å². The van der Waals surface area contributed by atoms with E-state index in [1.165, 1.54) is 48.2 Å². The molecule has 2 nitrogen and oxygen atoms in total. The van der Waals surface area contributed by atoms with E-state index in [0.717, 1.165) is 13.1 Å². The van der Waals surface area contributed by atoms with E-state index in [2.05, 4.69) is 94.2 Å². The van der Waals surface area contributed by atoms with Crippen molar-refractivity contribution in [3.8, 4) is 0 Å². The molecular formula is C23H29BrN2. The second-order valence-electron chi connectivity index (χ2n) is 9.17. The van der Waals surface area contributed by atoms with E-state index in [-0.39, 0.29) is 0 Å². The summed E-state index contributed by atoms with van der Waals surface area (Å²) in [4.78, 5) is 5.37. The molecule has 4 rings (SSSR count).